The first kappa shape index (κ1) is 14.5. The summed E-state index contributed by atoms with van der Waals surface area (Å²) in [4.78, 5) is 12.3. The molecule has 2 N–H and O–H groups in total. The number of nitrogens with one attached hydrogen (secondary N) is 2. The molecule has 1 amide bonds. The Morgan fingerprint density at radius 1 is 1.42 bits per heavy atom. The number of amides is 1. The van der Waals surface area contributed by atoms with Crippen molar-refractivity contribution in [1.29, 1.82) is 0 Å². The maximum Gasteiger partial charge on any atom is 0.237 e. The van der Waals surface area contributed by atoms with Crippen LogP contribution in [0.2, 0.25) is 0 Å². The zero-order valence-electron chi connectivity index (χ0n) is 11.5. The van der Waals surface area contributed by atoms with Gasteiger partial charge in [0.1, 0.15) is 0 Å². The van der Waals surface area contributed by atoms with Gasteiger partial charge in [-0.2, -0.15) is 0 Å². The summed E-state index contributed by atoms with van der Waals surface area (Å²) in [6.45, 7) is 5.83. The first-order chi connectivity index (χ1) is 8.99. The van der Waals surface area contributed by atoms with Crippen LogP contribution in [0.4, 0.5) is 0 Å². The number of benzene rings is 1. The van der Waals surface area contributed by atoms with Crippen LogP contribution in [0, 0.1) is 5.41 Å². The molecule has 1 unspecified atom stereocenters. The normalized spacial score (nSPS) is 21.9. The Morgan fingerprint density at radius 3 is 2.74 bits per heavy atom. The van der Waals surface area contributed by atoms with Crippen molar-refractivity contribution in [2.24, 2.45) is 5.41 Å². The van der Waals surface area contributed by atoms with E-state index < -0.39 is 0 Å². The Hall–Kier alpha value is -0.870. The van der Waals surface area contributed by atoms with Crippen LogP contribution in [0.5, 0.6) is 0 Å². The zero-order chi connectivity index (χ0) is 13.9. The molecule has 1 atom stereocenters. The lowest BCUT2D eigenvalue weighted by Gasteiger charge is -2.38. The maximum absolute atomic E-state index is 12.3. The highest BCUT2D eigenvalue weighted by atomic mass is 79.9. The summed E-state index contributed by atoms with van der Waals surface area (Å²) in [6, 6.07) is 7.93. The molecule has 19 heavy (non-hydrogen) atoms. The number of carbonyl (C=O) groups is 1. The van der Waals surface area contributed by atoms with E-state index in [9.17, 15) is 4.79 Å². The summed E-state index contributed by atoms with van der Waals surface area (Å²) in [5, 5.41) is 6.36. The van der Waals surface area contributed by atoms with Gasteiger partial charge in [-0.05, 0) is 42.5 Å². The van der Waals surface area contributed by atoms with Gasteiger partial charge >= 0.3 is 0 Å². The van der Waals surface area contributed by atoms with Gasteiger partial charge in [0, 0.05) is 11.0 Å². The average Bonchev–Trinajstić information content (AvgIpc) is 2.37. The number of hydrogen-bond donors (Lipinski definition) is 2. The van der Waals surface area contributed by atoms with Gasteiger partial charge in [-0.15, -0.1) is 0 Å². The number of carbonyl (C=O) groups excluding carboxylic acids is 1. The lowest BCUT2D eigenvalue weighted by Crippen LogP contribution is -2.55. The van der Waals surface area contributed by atoms with Crippen molar-refractivity contribution in [2.75, 3.05) is 6.54 Å². The zero-order valence-corrected chi connectivity index (χ0v) is 13.1. The molecule has 1 aromatic carbocycles. The molecule has 0 aliphatic carbocycles. The molecule has 0 saturated carbocycles. The monoisotopic (exact) mass is 324 g/mol. The lowest BCUT2D eigenvalue weighted by molar-refractivity contribution is -0.126. The lowest BCUT2D eigenvalue weighted by atomic mass is 9.77. The van der Waals surface area contributed by atoms with Crippen LogP contribution in [0.15, 0.2) is 28.7 Å². The Balaban J connectivity index is 1.92. The molecular weight excluding hydrogens is 304 g/mol. The average molecular weight is 325 g/mol. The van der Waals surface area contributed by atoms with E-state index in [1.54, 1.807) is 0 Å². The van der Waals surface area contributed by atoms with Crippen LogP contribution >= 0.6 is 15.9 Å². The fraction of sp³-hybridized carbons (Fsp3) is 0.533. The topological polar surface area (TPSA) is 41.1 Å². The first-order valence-corrected chi connectivity index (χ1v) is 7.54. The highest BCUT2D eigenvalue weighted by molar-refractivity contribution is 9.10. The molecule has 1 aromatic rings. The molecular formula is C15H21BrN2O. The second-order valence-corrected chi connectivity index (χ2v) is 6.74. The van der Waals surface area contributed by atoms with Gasteiger partial charge in [-0.1, -0.05) is 41.9 Å². The predicted octanol–water partition coefficient (Wildman–Crippen LogP) is 2.84. The van der Waals surface area contributed by atoms with Gasteiger partial charge in [0.05, 0.1) is 6.04 Å². The number of piperidine rings is 1. The van der Waals surface area contributed by atoms with Crippen LogP contribution in [0.3, 0.4) is 0 Å². The van der Waals surface area contributed by atoms with Crippen LogP contribution < -0.4 is 10.6 Å². The van der Waals surface area contributed by atoms with E-state index in [-0.39, 0.29) is 17.4 Å². The highest BCUT2D eigenvalue weighted by Crippen LogP contribution is 2.30. The van der Waals surface area contributed by atoms with Crippen molar-refractivity contribution in [3.8, 4) is 0 Å². The summed E-state index contributed by atoms with van der Waals surface area (Å²) in [7, 11) is 0. The second kappa shape index (κ2) is 6.06. The van der Waals surface area contributed by atoms with Crippen LogP contribution in [-0.4, -0.2) is 18.5 Å². The fourth-order valence-electron chi connectivity index (χ4n) is 2.55. The van der Waals surface area contributed by atoms with Crippen molar-refractivity contribution in [1.82, 2.24) is 10.6 Å². The van der Waals surface area contributed by atoms with Gasteiger partial charge in [0.2, 0.25) is 5.91 Å². The van der Waals surface area contributed by atoms with Gasteiger partial charge in [-0.3, -0.25) is 4.79 Å². The quantitative estimate of drug-likeness (QED) is 0.897. The molecule has 3 nitrogen and oxygen atoms in total. The number of halogens is 1. The summed E-state index contributed by atoms with van der Waals surface area (Å²) in [5.41, 5.74) is 1.15. The number of hydrogen-bond acceptors (Lipinski definition) is 2. The molecule has 0 radical (unpaired) electrons. The van der Waals surface area contributed by atoms with E-state index in [4.69, 9.17) is 0 Å². The van der Waals surface area contributed by atoms with E-state index in [1.807, 2.05) is 24.3 Å². The molecule has 0 aromatic heterocycles. The Morgan fingerprint density at radius 2 is 2.11 bits per heavy atom. The largest absolute Gasteiger partial charge is 0.351 e. The minimum absolute atomic E-state index is 0.0298. The van der Waals surface area contributed by atoms with Crippen molar-refractivity contribution in [3.63, 3.8) is 0 Å². The summed E-state index contributed by atoms with van der Waals surface area (Å²) in [6.07, 6.45) is 2.24. The third-order valence-corrected chi connectivity index (χ3v) is 4.30. The van der Waals surface area contributed by atoms with Gasteiger partial charge in [-0.25, -0.2) is 0 Å². The Bertz CT molecular complexity index is 442. The number of rotatable bonds is 3. The molecule has 1 saturated heterocycles. The first-order valence-electron chi connectivity index (χ1n) is 6.74. The van der Waals surface area contributed by atoms with Gasteiger partial charge < -0.3 is 10.6 Å². The molecule has 4 heteroatoms. The van der Waals surface area contributed by atoms with Crippen molar-refractivity contribution < 1.29 is 4.79 Å². The maximum atomic E-state index is 12.3. The SMILES string of the molecule is CC1(C)CCCNC1C(=O)NCc1ccc(Br)cc1. The summed E-state index contributed by atoms with van der Waals surface area (Å²) >= 11 is 3.41. The van der Waals surface area contributed by atoms with Crippen molar-refractivity contribution in [3.05, 3.63) is 34.3 Å². The van der Waals surface area contributed by atoms with E-state index in [0.29, 0.717) is 6.54 Å². The molecule has 1 fully saturated rings. The third-order valence-electron chi connectivity index (χ3n) is 3.77. The van der Waals surface area contributed by atoms with Gasteiger partial charge in [0.25, 0.3) is 0 Å². The Labute approximate surface area is 123 Å². The van der Waals surface area contributed by atoms with E-state index in [2.05, 4.69) is 40.4 Å². The molecule has 1 aliphatic rings. The minimum atomic E-state index is -0.0864. The van der Waals surface area contributed by atoms with Gasteiger partial charge in [0.15, 0.2) is 0 Å². The second-order valence-electron chi connectivity index (χ2n) is 5.82. The molecule has 104 valence electrons. The van der Waals surface area contributed by atoms with E-state index in [0.717, 1.165) is 29.4 Å². The minimum Gasteiger partial charge on any atom is -0.351 e. The van der Waals surface area contributed by atoms with Crippen molar-refractivity contribution in [2.45, 2.75) is 39.3 Å². The molecule has 1 heterocycles. The van der Waals surface area contributed by atoms with E-state index in [1.165, 1.54) is 0 Å². The van der Waals surface area contributed by atoms with E-state index >= 15 is 0 Å². The highest BCUT2D eigenvalue weighted by Gasteiger charge is 2.36. The smallest absolute Gasteiger partial charge is 0.237 e. The standard InChI is InChI=1S/C15H21BrN2O/c1-15(2)8-3-9-17-13(15)14(19)18-10-11-4-6-12(16)7-5-11/h4-7,13,17H,3,8-10H2,1-2H3,(H,18,19). The van der Waals surface area contributed by atoms with Crippen molar-refractivity contribution >= 4 is 21.8 Å². The fourth-order valence-corrected chi connectivity index (χ4v) is 2.82. The Kier molecular flexibility index (Phi) is 4.63. The molecule has 0 bridgehead atoms. The van der Waals surface area contributed by atoms with Crippen LogP contribution in [-0.2, 0) is 11.3 Å². The summed E-state index contributed by atoms with van der Waals surface area (Å²) < 4.78 is 1.05. The van der Waals surface area contributed by atoms with Crippen LogP contribution in [0.1, 0.15) is 32.3 Å². The molecule has 1 aliphatic heterocycles. The summed E-state index contributed by atoms with van der Waals surface area (Å²) in [5.74, 6) is 0.104. The molecule has 0 spiro atoms. The molecule has 2 rings (SSSR count). The van der Waals surface area contributed by atoms with Crippen LogP contribution in [0.25, 0.3) is 0 Å². The third kappa shape index (κ3) is 3.80. The predicted molar refractivity (Wildman–Crippen MR) is 80.8 cm³/mol.